The Kier molecular flexibility index (Phi) is 2.97. The molecule has 0 atom stereocenters. The minimum absolute atomic E-state index is 0.159. The summed E-state index contributed by atoms with van der Waals surface area (Å²) in [6.07, 6.45) is -3.77. The van der Waals surface area contributed by atoms with Crippen molar-refractivity contribution in [3.63, 3.8) is 0 Å². The largest absolute Gasteiger partial charge is 0.707 e. The van der Waals surface area contributed by atoms with Crippen LogP contribution in [0.4, 0.5) is 13.2 Å². The SMILES string of the molecule is OB(O)Oc1ccc(C(F)(F)F)nc1. The van der Waals surface area contributed by atoms with Gasteiger partial charge < -0.3 is 14.7 Å². The van der Waals surface area contributed by atoms with Crippen LogP contribution >= 0.6 is 0 Å². The first-order valence-electron chi connectivity index (χ1n) is 3.45. The highest BCUT2D eigenvalue weighted by Crippen LogP contribution is 2.28. The predicted molar refractivity (Wildman–Crippen MR) is 40.1 cm³/mol. The Hall–Kier alpha value is -1.28. The molecule has 0 saturated carbocycles. The second kappa shape index (κ2) is 3.85. The molecule has 0 unspecified atom stereocenters. The lowest BCUT2D eigenvalue weighted by molar-refractivity contribution is -0.141. The van der Waals surface area contributed by atoms with Gasteiger partial charge in [-0.2, -0.15) is 13.2 Å². The van der Waals surface area contributed by atoms with Crippen LogP contribution in [-0.2, 0) is 6.18 Å². The van der Waals surface area contributed by atoms with Crippen LogP contribution in [0.5, 0.6) is 5.75 Å². The maximum Gasteiger partial charge on any atom is 0.707 e. The molecule has 0 bridgehead atoms. The van der Waals surface area contributed by atoms with Crippen molar-refractivity contribution in [1.82, 2.24) is 4.98 Å². The summed E-state index contributed by atoms with van der Waals surface area (Å²) >= 11 is 0. The summed E-state index contributed by atoms with van der Waals surface area (Å²) in [6.45, 7) is 0. The minimum Gasteiger partial charge on any atom is -0.511 e. The number of nitrogens with zero attached hydrogens (tertiary/aromatic N) is 1. The first kappa shape index (κ1) is 10.8. The normalized spacial score (nSPS) is 11.2. The van der Waals surface area contributed by atoms with Gasteiger partial charge in [0.15, 0.2) is 0 Å². The lowest BCUT2D eigenvalue weighted by Crippen LogP contribution is -2.20. The lowest BCUT2D eigenvalue weighted by Gasteiger charge is -2.07. The molecule has 8 heteroatoms. The number of rotatable bonds is 2. The third-order valence-corrected chi connectivity index (χ3v) is 1.27. The molecule has 0 aliphatic rings. The van der Waals surface area contributed by atoms with Gasteiger partial charge in [-0.1, -0.05) is 0 Å². The molecule has 1 rings (SSSR count). The van der Waals surface area contributed by atoms with Crippen molar-refractivity contribution in [2.45, 2.75) is 6.18 Å². The van der Waals surface area contributed by atoms with E-state index in [0.717, 1.165) is 12.3 Å². The van der Waals surface area contributed by atoms with Crippen molar-refractivity contribution in [3.05, 3.63) is 24.0 Å². The van der Waals surface area contributed by atoms with Crippen LogP contribution < -0.4 is 4.65 Å². The summed E-state index contributed by atoms with van der Waals surface area (Å²) in [4.78, 5) is 3.03. The molecule has 0 aliphatic heterocycles. The lowest BCUT2D eigenvalue weighted by atomic mass is 10.2. The molecular formula is C6H5BF3NO3. The van der Waals surface area contributed by atoms with E-state index in [-0.39, 0.29) is 5.75 Å². The van der Waals surface area contributed by atoms with Gasteiger partial charge in [-0.05, 0) is 12.1 Å². The zero-order valence-corrected chi connectivity index (χ0v) is 6.69. The Balaban J connectivity index is 2.79. The summed E-state index contributed by atoms with van der Waals surface area (Å²) in [7, 11) is -2.08. The fourth-order valence-electron chi connectivity index (χ4n) is 0.739. The van der Waals surface area contributed by atoms with Gasteiger partial charge in [-0.15, -0.1) is 0 Å². The van der Waals surface area contributed by atoms with Crippen molar-refractivity contribution < 1.29 is 27.9 Å². The number of pyridine rings is 1. The Labute approximate surface area is 77.1 Å². The van der Waals surface area contributed by atoms with Crippen molar-refractivity contribution >= 4 is 7.32 Å². The Bertz CT molecular complexity index is 300. The van der Waals surface area contributed by atoms with Gasteiger partial charge in [0.25, 0.3) is 0 Å². The number of halogens is 3. The molecule has 0 spiro atoms. The van der Waals surface area contributed by atoms with Gasteiger partial charge in [-0.25, -0.2) is 4.98 Å². The van der Waals surface area contributed by atoms with E-state index >= 15 is 0 Å². The van der Waals surface area contributed by atoms with Crippen LogP contribution in [0.3, 0.4) is 0 Å². The molecule has 76 valence electrons. The third kappa shape index (κ3) is 2.89. The molecule has 0 fully saturated rings. The predicted octanol–water partition coefficient (Wildman–Crippen LogP) is 0.449. The molecule has 4 nitrogen and oxygen atoms in total. The average molecular weight is 207 g/mol. The zero-order valence-electron chi connectivity index (χ0n) is 6.69. The molecule has 1 heterocycles. The summed E-state index contributed by atoms with van der Waals surface area (Å²) in [5.74, 6) is -0.159. The minimum atomic E-state index is -4.52. The fourth-order valence-corrected chi connectivity index (χ4v) is 0.739. The summed E-state index contributed by atoms with van der Waals surface area (Å²) in [5, 5.41) is 16.6. The fraction of sp³-hybridized carbons (Fsp3) is 0.167. The van der Waals surface area contributed by atoms with Crippen molar-refractivity contribution in [3.8, 4) is 5.75 Å². The number of hydrogen-bond acceptors (Lipinski definition) is 4. The smallest absolute Gasteiger partial charge is 0.511 e. The molecule has 0 aromatic carbocycles. The maximum absolute atomic E-state index is 12.0. The number of hydrogen-bond donors (Lipinski definition) is 2. The van der Waals surface area contributed by atoms with Crippen molar-refractivity contribution in [2.75, 3.05) is 0 Å². The standard InChI is InChI=1S/C6H5BF3NO3/c8-6(9,10)5-2-1-4(3-11-5)14-7(12)13/h1-3,12-13H. The van der Waals surface area contributed by atoms with Gasteiger partial charge in [0, 0.05) is 0 Å². The highest BCUT2D eigenvalue weighted by atomic mass is 19.4. The van der Waals surface area contributed by atoms with Crippen LogP contribution in [-0.4, -0.2) is 22.4 Å². The van der Waals surface area contributed by atoms with Crippen molar-refractivity contribution in [2.24, 2.45) is 0 Å². The highest BCUT2D eigenvalue weighted by molar-refractivity contribution is 6.33. The topological polar surface area (TPSA) is 62.6 Å². The quantitative estimate of drug-likeness (QED) is 0.691. The van der Waals surface area contributed by atoms with E-state index in [4.69, 9.17) is 10.0 Å². The molecule has 2 N–H and O–H groups in total. The van der Waals surface area contributed by atoms with Gasteiger partial charge in [0.1, 0.15) is 11.4 Å². The first-order valence-corrected chi connectivity index (χ1v) is 3.45. The molecule has 0 aliphatic carbocycles. The second-order valence-electron chi connectivity index (χ2n) is 2.32. The van der Waals surface area contributed by atoms with E-state index in [2.05, 4.69) is 9.64 Å². The van der Waals surface area contributed by atoms with Crippen LogP contribution in [0.25, 0.3) is 0 Å². The molecule has 0 saturated heterocycles. The highest BCUT2D eigenvalue weighted by Gasteiger charge is 2.32. The van der Waals surface area contributed by atoms with E-state index in [1.807, 2.05) is 0 Å². The summed E-state index contributed by atoms with van der Waals surface area (Å²) in [6, 6.07) is 1.62. The molecule has 1 aromatic heterocycles. The second-order valence-corrected chi connectivity index (χ2v) is 2.32. The monoisotopic (exact) mass is 207 g/mol. The van der Waals surface area contributed by atoms with E-state index in [9.17, 15) is 13.2 Å². The van der Waals surface area contributed by atoms with Gasteiger partial charge in [0.05, 0.1) is 6.20 Å². The zero-order chi connectivity index (χ0) is 10.8. The van der Waals surface area contributed by atoms with Gasteiger partial charge >= 0.3 is 13.5 Å². The number of alkyl halides is 3. The molecule has 14 heavy (non-hydrogen) atoms. The third-order valence-electron chi connectivity index (χ3n) is 1.27. The average Bonchev–Trinajstić information content (AvgIpc) is 2.02. The Morgan fingerprint density at radius 1 is 1.29 bits per heavy atom. The van der Waals surface area contributed by atoms with E-state index in [1.54, 1.807) is 0 Å². The van der Waals surface area contributed by atoms with Crippen LogP contribution in [0.15, 0.2) is 18.3 Å². The number of aromatic nitrogens is 1. The van der Waals surface area contributed by atoms with Gasteiger partial charge in [0.2, 0.25) is 0 Å². The van der Waals surface area contributed by atoms with E-state index in [1.165, 1.54) is 0 Å². The van der Waals surface area contributed by atoms with E-state index < -0.39 is 19.2 Å². The summed E-state index contributed by atoms with van der Waals surface area (Å²) in [5.41, 5.74) is -1.07. The molecule has 1 aromatic rings. The van der Waals surface area contributed by atoms with Gasteiger partial charge in [-0.3, -0.25) is 0 Å². The first-order chi connectivity index (χ1) is 6.39. The van der Waals surface area contributed by atoms with Crippen molar-refractivity contribution in [1.29, 1.82) is 0 Å². The molecule has 0 amide bonds. The van der Waals surface area contributed by atoms with Crippen LogP contribution in [0, 0.1) is 0 Å². The van der Waals surface area contributed by atoms with Crippen LogP contribution in [0.2, 0.25) is 0 Å². The Morgan fingerprint density at radius 3 is 2.29 bits per heavy atom. The Morgan fingerprint density at radius 2 is 1.93 bits per heavy atom. The summed E-state index contributed by atoms with van der Waals surface area (Å²) < 4.78 is 40.2. The molecule has 0 radical (unpaired) electrons. The van der Waals surface area contributed by atoms with Crippen LogP contribution in [0.1, 0.15) is 5.69 Å². The molecular weight excluding hydrogens is 202 g/mol. The van der Waals surface area contributed by atoms with E-state index in [0.29, 0.717) is 6.07 Å². The maximum atomic E-state index is 12.0.